The highest BCUT2D eigenvalue weighted by Crippen LogP contribution is 2.34. The second-order valence-corrected chi connectivity index (χ2v) is 4.88. The monoisotopic (exact) mass is 231 g/mol. The molecule has 0 aromatic heterocycles. The maximum atomic E-state index is 13.6. The standard InChI is InChI=1S/C12H16F3N/c1-12(2,3)11(16-4)7-5-9(14)10(15)6-8(7)13/h5-6,11,16H,1-4H3. The van der Waals surface area contributed by atoms with Crippen LogP contribution >= 0.6 is 0 Å². The van der Waals surface area contributed by atoms with Gasteiger partial charge in [-0.1, -0.05) is 20.8 Å². The SMILES string of the molecule is CNC(c1cc(F)c(F)cc1F)C(C)(C)C. The van der Waals surface area contributed by atoms with Crippen molar-refractivity contribution in [1.82, 2.24) is 5.32 Å². The molecule has 1 atom stereocenters. The summed E-state index contributed by atoms with van der Waals surface area (Å²) in [5.41, 5.74) is -0.145. The number of benzene rings is 1. The molecular formula is C12H16F3N. The van der Waals surface area contributed by atoms with Gasteiger partial charge in [-0.15, -0.1) is 0 Å². The van der Waals surface area contributed by atoms with Gasteiger partial charge in [-0.3, -0.25) is 0 Å². The van der Waals surface area contributed by atoms with E-state index in [4.69, 9.17) is 0 Å². The van der Waals surface area contributed by atoms with E-state index in [0.29, 0.717) is 6.07 Å². The zero-order valence-corrected chi connectivity index (χ0v) is 9.87. The van der Waals surface area contributed by atoms with E-state index in [1.165, 1.54) is 0 Å². The molecule has 0 aliphatic heterocycles. The van der Waals surface area contributed by atoms with E-state index < -0.39 is 17.5 Å². The molecule has 0 fully saturated rings. The third-order valence-electron chi connectivity index (χ3n) is 2.51. The maximum absolute atomic E-state index is 13.6. The summed E-state index contributed by atoms with van der Waals surface area (Å²) in [6.07, 6.45) is 0. The molecule has 1 aromatic rings. The van der Waals surface area contributed by atoms with Crippen LogP contribution in [0.25, 0.3) is 0 Å². The molecule has 1 rings (SSSR count). The van der Waals surface area contributed by atoms with E-state index in [2.05, 4.69) is 5.32 Å². The molecule has 1 nitrogen and oxygen atoms in total. The third-order valence-corrected chi connectivity index (χ3v) is 2.51. The molecule has 0 saturated heterocycles. The largest absolute Gasteiger partial charge is 0.312 e. The molecule has 0 amide bonds. The Kier molecular flexibility index (Phi) is 3.63. The molecule has 0 aliphatic rings. The summed E-state index contributed by atoms with van der Waals surface area (Å²) in [6.45, 7) is 5.69. The van der Waals surface area contributed by atoms with E-state index in [9.17, 15) is 13.2 Å². The predicted octanol–water partition coefficient (Wildman–Crippen LogP) is 3.41. The molecule has 0 spiro atoms. The lowest BCUT2D eigenvalue weighted by atomic mass is 9.82. The predicted molar refractivity (Wildman–Crippen MR) is 57.6 cm³/mol. The van der Waals surface area contributed by atoms with Crippen molar-refractivity contribution in [3.63, 3.8) is 0 Å². The van der Waals surface area contributed by atoms with Crippen LogP contribution < -0.4 is 5.32 Å². The van der Waals surface area contributed by atoms with Crippen LogP contribution in [0.1, 0.15) is 32.4 Å². The smallest absolute Gasteiger partial charge is 0.161 e. The lowest BCUT2D eigenvalue weighted by molar-refractivity contribution is 0.278. The second kappa shape index (κ2) is 4.45. The molecular weight excluding hydrogens is 215 g/mol. The van der Waals surface area contributed by atoms with Gasteiger partial charge < -0.3 is 5.32 Å². The minimum atomic E-state index is -1.16. The summed E-state index contributed by atoms with van der Waals surface area (Å²) in [6, 6.07) is 1.13. The summed E-state index contributed by atoms with van der Waals surface area (Å²) < 4.78 is 39.4. The van der Waals surface area contributed by atoms with Gasteiger partial charge in [0.25, 0.3) is 0 Å². The molecule has 0 bridgehead atoms. The molecule has 16 heavy (non-hydrogen) atoms. The number of rotatable bonds is 2. The molecule has 0 aliphatic carbocycles. The van der Waals surface area contributed by atoms with Gasteiger partial charge in [0.2, 0.25) is 0 Å². The van der Waals surface area contributed by atoms with Crippen LogP contribution in [0.5, 0.6) is 0 Å². The first kappa shape index (κ1) is 13.0. The zero-order valence-electron chi connectivity index (χ0n) is 9.87. The highest BCUT2D eigenvalue weighted by Gasteiger charge is 2.28. The molecule has 1 unspecified atom stereocenters. The number of nitrogens with one attached hydrogen (secondary N) is 1. The molecule has 4 heteroatoms. The van der Waals surface area contributed by atoms with Crippen LogP contribution in [0.2, 0.25) is 0 Å². The molecule has 0 radical (unpaired) electrons. The summed E-state index contributed by atoms with van der Waals surface area (Å²) in [4.78, 5) is 0. The van der Waals surface area contributed by atoms with E-state index in [1.54, 1.807) is 7.05 Å². The van der Waals surface area contributed by atoms with Gasteiger partial charge in [-0.05, 0) is 18.5 Å². The van der Waals surface area contributed by atoms with E-state index >= 15 is 0 Å². The molecule has 0 heterocycles. The van der Waals surface area contributed by atoms with Crippen molar-refractivity contribution in [2.24, 2.45) is 5.41 Å². The van der Waals surface area contributed by atoms with Crippen LogP contribution in [-0.4, -0.2) is 7.05 Å². The first-order valence-electron chi connectivity index (χ1n) is 5.09. The minimum absolute atomic E-state index is 0.147. The summed E-state index contributed by atoms with van der Waals surface area (Å²) >= 11 is 0. The lowest BCUT2D eigenvalue weighted by Gasteiger charge is -2.31. The van der Waals surface area contributed by atoms with E-state index in [-0.39, 0.29) is 17.0 Å². The minimum Gasteiger partial charge on any atom is -0.312 e. The van der Waals surface area contributed by atoms with Gasteiger partial charge in [-0.25, -0.2) is 13.2 Å². The Bertz CT molecular complexity index is 383. The van der Waals surface area contributed by atoms with Crippen LogP contribution in [0.4, 0.5) is 13.2 Å². The van der Waals surface area contributed by atoms with Gasteiger partial charge in [0.05, 0.1) is 0 Å². The Labute approximate surface area is 93.7 Å². The third kappa shape index (κ3) is 2.55. The maximum Gasteiger partial charge on any atom is 0.161 e. The Morgan fingerprint density at radius 2 is 1.50 bits per heavy atom. The fourth-order valence-corrected chi connectivity index (χ4v) is 1.81. The van der Waals surface area contributed by atoms with Gasteiger partial charge in [0.1, 0.15) is 5.82 Å². The van der Waals surface area contributed by atoms with Crippen molar-refractivity contribution >= 4 is 0 Å². The van der Waals surface area contributed by atoms with E-state index in [1.807, 2.05) is 20.8 Å². The highest BCUT2D eigenvalue weighted by atomic mass is 19.2. The van der Waals surface area contributed by atoms with Crippen LogP contribution in [0.15, 0.2) is 12.1 Å². The zero-order chi connectivity index (χ0) is 12.5. The fourth-order valence-electron chi connectivity index (χ4n) is 1.81. The Hall–Kier alpha value is -1.03. The summed E-state index contributed by atoms with van der Waals surface area (Å²) in [5.74, 6) is -2.92. The van der Waals surface area contributed by atoms with Gasteiger partial charge in [0, 0.05) is 17.7 Å². The van der Waals surface area contributed by atoms with Crippen LogP contribution in [0.3, 0.4) is 0 Å². The lowest BCUT2D eigenvalue weighted by Crippen LogP contribution is -2.30. The molecule has 90 valence electrons. The first-order chi connectivity index (χ1) is 7.27. The normalized spacial score (nSPS) is 13.9. The summed E-state index contributed by atoms with van der Waals surface area (Å²) in [7, 11) is 1.66. The van der Waals surface area contributed by atoms with E-state index in [0.717, 1.165) is 6.07 Å². The highest BCUT2D eigenvalue weighted by molar-refractivity contribution is 5.24. The Balaban J connectivity index is 3.26. The number of hydrogen-bond donors (Lipinski definition) is 1. The van der Waals surface area contributed by atoms with Crippen molar-refractivity contribution in [2.75, 3.05) is 7.05 Å². The first-order valence-corrected chi connectivity index (χ1v) is 5.09. The topological polar surface area (TPSA) is 12.0 Å². The van der Waals surface area contributed by atoms with Crippen LogP contribution in [-0.2, 0) is 0 Å². The molecule has 1 N–H and O–H groups in total. The number of halogens is 3. The van der Waals surface area contributed by atoms with Crippen molar-refractivity contribution in [3.05, 3.63) is 35.1 Å². The van der Waals surface area contributed by atoms with Crippen molar-refractivity contribution in [2.45, 2.75) is 26.8 Å². The van der Waals surface area contributed by atoms with Gasteiger partial charge in [-0.2, -0.15) is 0 Å². The molecule has 1 aromatic carbocycles. The average molecular weight is 231 g/mol. The fraction of sp³-hybridized carbons (Fsp3) is 0.500. The molecule has 0 saturated carbocycles. The quantitative estimate of drug-likeness (QED) is 0.769. The van der Waals surface area contributed by atoms with Gasteiger partial charge in [0.15, 0.2) is 11.6 Å². The van der Waals surface area contributed by atoms with Crippen molar-refractivity contribution < 1.29 is 13.2 Å². The van der Waals surface area contributed by atoms with Crippen LogP contribution in [0, 0.1) is 22.9 Å². The Morgan fingerprint density at radius 3 is 1.94 bits per heavy atom. The van der Waals surface area contributed by atoms with Crippen molar-refractivity contribution in [1.29, 1.82) is 0 Å². The second-order valence-electron chi connectivity index (χ2n) is 4.88. The number of hydrogen-bond acceptors (Lipinski definition) is 1. The average Bonchev–Trinajstić information content (AvgIpc) is 2.12. The Morgan fingerprint density at radius 1 is 1.00 bits per heavy atom. The summed E-state index contributed by atoms with van der Waals surface area (Å²) in [5, 5.41) is 2.92. The van der Waals surface area contributed by atoms with Gasteiger partial charge >= 0.3 is 0 Å². The van der Waals surface area contributed by atoms with Crippen molar-refractivity contribution in [3.8, 4) is 0 Å².